The van der Waals surface area contributed by atoms with Gasteiger partial charge in [-0.2, -0.15) is 0 Å². The predicted molar refractivity (Wildman–Crippen MR) is 121 cm³/mol. The first-order valence-electron chi connectivity index (χ1n) is 11.0. The molecule has 1 aromatic carbocycles. The van der Waals surface area contributed by atoms with Crippen molar-refractivity contribution in [1.82, 2.24) is 19.3 Å². The van der Waals surface area contributed by atoms with E-state index in [0.29, 0.717) is 22.9 Å². The lowest BCUT2D eigenvalue weighted by molar-refractivity contribution is 0.231. The van der Waals surface area contributed by atoms with E-state index >= 15 is 0 Å². The van der Waals surface area contributed by atoms with Crippen molar-refractivity contribution in [2.75, 3.05) is 31.1 Å². The third kappa shape index (κ3) is 3.11. The lowest BCUT2D eigenvalue weighted by Gasteiger charge is -2.38. The molecule has 0 radical (unpaired) electrons. The van der Waals surface area contributed by atoms with Gasteiger partial charge in [-0.1, -0.05) is 6.07 Å². The summed E-state index contributed by atoms with van der Waals surface area (Å²) in [7, 11) is 0. The molecule has 5 heterocycles. The fourth-order valence-corrected chi connectivity index (χ4v) is 5.14. The van der Waals surface area contributed by atoms with Crippen molar-refractivity contribution in [2.24, 2.45) is 0 Å². The summed E-state index contributed by atoms with van der Waals surface area (Å²) < 4.78 is 7.64. The molecule has 2 fully saturated rings. The van der Waals surface area contributed by atoms with E-state index in [1.807, 2.05) is 48.8 Å². The Morgan fingerprint density at radius 3 is 2.87 bits per heavy atom. The number of benzene rings is 1. The molecule has 2 saturated heterocycles. The summed E-state index contributed by atoms with van der Waals surface area (Å²) >= 11 is 0. The minimum absolute atomic E-state index is 0.322. The van der Waals surface area contributed by atoms with Crippen LogP contribution in [0.2, 0.25) is 0 Å². The van der Waals surface area contributed by atoms with Crippen LogP contribution in [-0.4, -0.2) is 51.5 Å². The molecular formula is C24H25N5O2. The van der Waals surface area contributed by atoms with Crippen LogP contribution in [0.15, 0.2) is 45.9 Å². The van der Waals surface area contributed by atoms with E-state index in [0.717, 1.165) is 47.7 Å². The van der Waals surface area contributed by atoms with Gasteiger partial charge in [0.1, 0.15) is 5.69 Å². The number of imidazole rings is 1. The van der Waals surface area contributed by atoms with Crippen molar-refractivity contribution in [2.45, 2.75) is 32.7 Å². The maximum Gasteiger partial charge on any atom is 0.344 e. The summed E-state index contributed by atoms with van der Waals surface area (Å²) in [6, 6.07) is 8.68. The van der Waals surface area contributed by atoms with Gasteiger partial charge >= 0.3 is 5.63 Å². The van der Waals surface area contributed by atoms with E-state index in [1.165, 1.54) is 19.4 Å². The molecule has 4 aromatic rings. The Labute approximate surface area is 179 Å². The van der Waals surface area contributed by atoms with Gasteiger partial charge in [0.05, 0.1) is 16.8 Å². The Balaban J connectivity index is 1.37. The van der Waals surface area contributed by atoms with Crippen molar-refractivity contribution >= 4 is 22.1 Å². The molecule has 31 heavy (non-hydrogen) atoms. The molecule has 7 nitrogen and oxygen atoms in total. The zero-order valence-corrected chi connectivity index (χ0v) is 17.8. The van der Waals surface area contributed by atoms with Crippen LogP contribution in [0.1, 0.15) is 24.2 Å². The summed E-state index contributed by atoms with van der Waals surface area (Å²) in [5.74, 6) is 0.477. The lowest BCUT2D eigenvalue weighted by atomic mass is 10.1. The van der Waals surface area contributed by atoms with Gasteiger partial charge < -0.3 is 13.7 Å². The summed E-state index contributed by atoms with van der Waals surface area (Å²) in [6.45, 7) is 8.23. The van der Waals surface area contributed by atoms with Crippen LogP contribution < -0.4 is 10.5 Å². The zero-order valence-electron chi connectivity index (χ0n) is 17.8. The topological polar surface area (TPSA) is 66.9 Å². The van der Waals surface area contributed by atoms with Gasteiger partial charge in [0.2, 0.25) is 0 Å². The van der Waals surface area contributed by atoms with E-state index in [9.17, 15) is 4.79 Å². The second kappa shape index (κ2) is 6.92. The van der Waals surface area contributed by atoms with E-state index in [4.69, 9.17) is 4.42 Å². The number of anilines is 1. The van der Waals surface area contributed by atoms with Crippen LogP contribution in [0, 0.1) is 13.8 Å². The van der Waals surface area contributed by atoms with Gasteiger partial charge in [0, 0.05) is 43.8 Å². The molecule has 3 aromatic heterocycles. The van der Waals surface area contributed by atoms with Crippen LogP contribution in [0.25, 0.3) is 27.9 Å². The first kappa shape index (κ1) is 18.6. The fourth-order valence-electron chi connectivity index (χ4n) is 5.14. The largest absolute Gasteiger partial charge is 0.421 e. The standard InChI is InChI=1S/C24H25N5O2/c1-15-12-29-14-21(26-23(29)16(2)25-15)22-10-17-5-6-18(11-20(17)24(30)31-22)28-9-8-27-7-3-4-19(27)13-28/h5-6,10-12,14,19H,3-4,7-9,13H2,1-2H3. The van der Waals surface area contributed by atoms with Gasteiger partial charge in [0.15, 0.2) is 11.4 Å². The molecule has 2 aliphatic rings. The molecule has 0 aliphatic carbocycles. The van der Waals surface area contributed by atoms with Gasteiger partial charge in [-0.05, 0) is 56.8 Å². The van der Waals surface area contributed by atoms with Gasteiger partial charge in [-0.25, -0.2) is 9.78 Å². The monoisotopic (exact) mass is 415 g/mol. The van der Waals surface area contributed by atoms with Crippen molar-refractivity contribution in [3.05, 3.63) is 58.5 Å². The number of fused-ring (bicyclic) bond motifs is 3. The quantitative estimate of drug-likeness (QED) is 0.500. The number of piperazine rings is 1. The van der Waals surface area contributed by atoms with Crippen LogP contribution in [0.3, 0.4) is 0 Å². The minimum Gasteiger partial charge on any atom is -0.421 e. The third-order valence-corrected chi connectivity index (χ3v) is 6.68. The molecule has 0 saturated carbocycles. The Morgan fingerprint density at radius 2 is 1.97 bits per heavy atom. The number of rotatable bonds is 2. The van der Waals surface area contributed by atoms with Crippen molar-refractivity contribution in [1.29, 1.82) is 0 Å². The molecule has 0 bridgehead atoms. The summed E-state index contributed by atoms with van der Waals surface area (Å²) in [5.41, 5.74) is 3.95. The second-order valence-electron chi connectivity index (χ2n) is 8.77. The molecule has 1 atom stereocenters. The van der Waals surface area contributed by atoms with Crippen LogP contribution in [0.4, 0.5) is 5.69 Å². The fraction of sp³-hybridized carbons (Fsp3) is 0.375. The van der Waals surface area contributed by atoms with E-state index < -0.39 is 0 Å². The molecule has 0 spiro atoms. The van der Waals surface area contributed by atoms with Crippen LogP contribution in [-0.2, 0) is 0 Å². The molecule has 6 rings (SSSR count). The minimum atomic E-state index is -0.322. The number of hydrogen-bond donors (Lipinski definition) is 0. The highest BCUT2D eigenvalue weighted by Crippen LogP contribution is 2.29. The first-order valence-corrected chi connectivity index (χ1v) is 11.0. The highest BCUT2D eigenvalue weighted by molar-refractivity contribution is 5.87. The van der Waals surface area contributed by atoms with Crippen molar-refractivity contribution in [3.8, 4) is 11.5 Å². The Bertz CT molecular complexity index is 1370. The number of aromatic nitrogens is 3. The number of hydrogen-bond acceptors (Lipinski definition) is 6. The highest BCUT2D eigenvalue weighted by atomic mass is 16.4. The van der Waals surface area contributed by atoms with Gasteiger partial charge in [-0.3, -0.25) is 9.88 Å². The van der Waals surface area contributed by atoms with E-state index in [1.54, 1.807) is 0 Å². The van der Waals surface area contributed by atoms with Crippen molar-refractivity contribution < 1.29 is 4.42 Å². The molecule has 0 N–H and O–H groups in total. The molecule has 158 valence electrons. The molecule has 7 heteroatoms. The molecule has 1 unspecified atom stereocenters. The molecule has 2 aliphatic heterocycles. The van der Waals surface area contributed by atoms with Gasteiger partial charge in [0.25, 0.3) is 0 Å². The average molecular weight is 415 g/mol. The summed E-state index contributed by atoms with van der Waals surface area (Å²) in [5, 5.41) is 1.49. The molecular weight excluding hydrogens is 390 g/mol. The summed E-state index contributed by atoms with van der Waals surface area (Å²) in [4.78, 5) is 27.0. The van der Waals surface area contributed by atoms with E-state index in [2.05, 4.69) is 25.8 Å². The maximum atomic E-state index is 12.9. The zero-order chi connectivity index (χ0) is 21.1. The average Bonchev–Trinajstić information content (AvgIpc) is 3.40. The Kier molecular flexibility index (Phi) is 4.14. The van der Waals surface area contributed by atoms with Gasteiger partial charge in [-0.15, -0.1) is 0 Å². The smallest absolute Gasteiger partial charge is 0.344 e. The normalized spacial score (nSPS) is 19.4. The maximum absolute atomic E-state index is 12.9. The van der Waals surface area contributed by atoms with E-state index in [-0.39, 0.29) is 5.63 Å². The first-order chi connectivity index (χ1) is 15.0. The third-order valence-electron chi connectivity index (χ3n) is 6.68. The SMILES string of the molecule is Cc1cn2cc(-c3cc4ccc(N5CCN6CCCC6C5)cc4c(=O)o3)nc2c(C)n1. The highest BCUT2D eigenvalue weighted by Gasteiger charge is 2.30. The predicted octanol–water partition coefficient (Wildman–Crippen LogP) is 3.40. The number of nitrogens with zero attached hydrogens (tertiary/aromatic N) is 5. The lowest BCUT2D eigenvalue weighted by Crippen LogP contribution is -2.50. The second-order valence-corrected chi connectivity index (χ2v) is 8.77. The summed E-state index contributed by atoms with van der Waals surface area (Å²) in [6.07, 6.45) is 6.37. The number of aryl methyl sites for hydroxylation is 2. The van der Waals surface area contributed by atoms with Crippen LogP contribution in [0.5, 0.6) is 0 Å². The Morgan fingerprint density at radius 1 is 1.06 bits per heavy atom. The molecule has 0 amide bonds. The van der Waals surface area contributed by atoms with Crippen LogP contribution >= 0.6 is 0 Å². The van der Waals surface area contributed by atoms with Crippen molar-refractivity contribution in [3.63, 3.8) is 0 Å². The Hall–Kier alpha value is -3.19.